The standard InChI is InChI=1S/C9H7ClO4.C8H7ClO3.C8H7ClO2.C7H4BrClO2.C7H4ClFO2.C7H4ClNO4/c1-13-8(11)6-2-4-7(5-3-6)14-9(10)12;1-11-6-2-4-7(5-3-6)12-8(9)10;1-6-2-4-7(5-3-6)11-8(9)10;8-5-1-3-6(4-2-5)11-7(9)10;8-7(10)11-6-3-1-5(9)2-4-6;8-7(10)13-6-4-2-1-3-5(6)9(11)12/h2-5H,1H3;2-5H,1H3;2-5H,1H3;2*1-4H;1-4H. The molecule has 0 aliphatic rings. The predicted molar refractivity (Wildman–Crippen MR) is 267 cm³/mol. The maximum atomic E-state index is 12.3. The zero-order valence-electron chi connectivity index (χ0n) is 36.8. The highest BCUT2D eigenvalue weighted by atomic mass is 79.9. The topological polar surface area (TPSA) is 236 Å². The third kappa shape index (κ3) is 29.9. The van der Waals surface area contributed by atoms with Gasteiger partial charge < -0.3 is 37.9 Å². The Morgan fingerprint density at radius 3 is 1.14 bits per heavy atom. The van der Waals surface area contributed by atoms with Gasteiger partial charge in [0.15, 0.2) is 0 Å². The van der Waals surface area contributed by atoms with Gasteiger partial charge in [-0.1, -0.05) is 45.8 Å². The summed E-state index contributed by atoms with van der Waals surface area (Å²) in [4.78, 5) is 82.3. The molecule has 6 rings (SSSR count). The van der Waals surface area contributed by atoms with Crippen LogP contribution in [0.1, 0.15) is 15.9 Å². The fourth-order valence-corrected chi connectivity index (χ4v) is 5.07. The molecule has 0 radical (unpaired) electrons. The minimum absolute atomic E-state index is 0.160. The van der Waals surface area contributed by atoms with Gasteiger partial charge in [-0.3, -0.25) is 10.1 Å². The van der Waals surface area contributed by atoms with Gasteiger partial charge in [0.05, 0.1) is 24.7 Å². The number of aryl methyl sites for hydroxylation is 1. The van der Waals surface area contributed by atoms with Crippen molar-refractivity contribution in [2.45, 2.75) is 6.92 Å². The number of carbonyl (C=O) groups excluding carboxylic acids is 7. The second-order valence-electron chi connectivity index (χ2n) is 12.2. The van der Waals surface area contributed by atoms with Gasteiger partial charge >= 0.3 is 44.2 Å². The number of methoxy groups -OCH3 is 2. The SMILES string of the molecule is COC(=O)c1ccc(OC(=O)Cl)cc1.COc1ccc(OC(=O)Cl)cc1.Cc1ccc(OC(=O)Cl)cc1.O=C(Cl)Oc1ccc(Br)cc1.O=C(Cl)Oc1ccc(F)cc1.O=C(Cl)Oc1ccccc1[N+](=O)[O-]. The number of hydrogen-bond acceptors (Lipinski definition) is 17. The molecule has 0 atom stereocenters. The second kappa shape index (κ2) is 35.1. The van der Waals surface area contributed by atoms with E-state index in [-0.39, 0.29) is 28.8 Å². The highest BCUT2D eigenvalue weighted by molar-refractivity contribution is 9.10. The van der Waals surface area contributed by atoms with Crippen LogP contribution in [0.4, 0.5) is 38.8 Å². The van der Waals surface area contributed by atoms with Crippen LogP contribution in [0.5, 0.6) is 40.2 Å². The number of nitro groups is 1. The molecule has 0 bridgehead atoms. The summed E-state index contributed by atoms with van der Waals surface area (Å²) < 4.78 is 49.7. The lowest BCUT2D eigenvalue weighted by Crippen LogP contribution is -2.01. The van der Waals surface area contributed by atoms with Crippen molar-refractivity contribution in [3.05, 3.63) is 177 Å². The van der Waals surface area contributed by atoms with E-state index < -0.39 is 43.5 Å². The molecule has 0 amide bonds. The van der Waals surface area contributed by atoms with Crippen molar-refractivity contribution in [2.75, 3.05) is 14.2 Å². The molecule has 0 saturated carbocycles. The molecular weight excluding hydrogens is 1150 g/mol. The molecule has 380 valence electrons. The molecule has 72 heavy (non-hydrogen) atoms. The number of halogens is 8. The molecular formula is C46H33BrCl6FNO17. The molecule has 26 heteroatoms. The number of benzene rings is 6. The molecule has 0 N–H and O–H groups in total. The zero-order chi connectivity index (χ0) is 54.2. The normalized spacial score (nSPS) is 9.26. The molecule has 0 aliphatic carbocycles. The van der Waals surface area contributed by atoms with Gasteiger partial charge in [-0.2, -0.15) is 0 Å². The fourth-order valence-electron chi connectivity index (χ4n) is 4.28. The van der Waals surface area contributed by atoms with Crippen molar-refractivity contribution in [3.8, 4) is 40.2 Å². The number of hydrogen-bond donors (Lipinski definition) is 0. The lowest BCUT2D eigenvalue weighted by molar-refractivity contribution is -0.385. The number of nitrogens with zero attached hydrogens (tertiary/aromatic N) is 1. The third-order valence-electron chi connectivity index (χ3n) is 7.23. The Kier molecular flexibility index (Phi) is 30.7. The van der Waals surface area contributed by atoms with Crippen LogP contribution in [0.25, 0.3) is 0 Å². The summed E-state index contributed by atoms with van der Waals surface area (Å²) in [6.45, 7) is 1.95. The maximum Gasteiger partial charge on any atom is 0.409 e. The van der Waals surface area contributed by atoms with E-state index in [1.54, 1.807) is 67.8 Å². The minimum atomic E-state index is -1.10. The van der Waals surface area contributed by atoms with Gasteiger partial charge in [-0.25, -0.2) is 38.0 Å². The van der Waals surface area contributed by atoms with Gasteiger partial charge in [0.25, 0.3) is 0 Å². The molecule has 0 aromatic heterocycles. The highest BCUT2D eigenvalue weighted by Crippen LogP contribution is 2.26. The Labute approximate surface area is 446 Å². The largest absolute Gasteiger partial charge is 0.497 e. The molecule has 0 spiro atoms. The smallest absolute Gasteiger partial charge is 0.409 e. The third-order valence-corrected chi connectivity index (χ3v) is 8.22. The average molecular weight is 1180 g/mol. The number of ether oxygens (including phenoxy) is 8. The minimum Gasteiger partial charge on any atom is -0.497 e. The van der Waals surface area contributed by atoms with E-state index in [4.69, 9.17) is 74.3 Å². The van der Waals surface area contributed by atoms with E-state index in [0.717, 1.165) is 10.0 Å². The first-order chi connectivity index (χ1) is 34.0. The Hall–Kier alpha value is -7.04. The number of carbonyl (C=O) groups is 7. The summed E-state index contributed by atoms with van der Waals surface area (Å²) >= 11 is 33.0. The monoisotopic (exact) mass is 1180 g/mol. The zero-order valence-corrected chi connectivity index (χ0v) is 42.9. The van der Waals surface area contributed by atoms with E-state index in [9.17, 15) is 48.1 Å². The Bertz CT molecular complexity index is 2570. The van der Waals surface area contributed by atoms with E-state index in [2.05, 4.69) is 49.1 Å². The van der Waals surface area contributed by atoms with Crippen molar-refractivity contribution < 1.29 is 80.8 Å². The maximum absolute atomic E-state index is 12.3. The van der Waals surface area contributed by atoms with Gasteiger partial charge in [-0.05, 0) is 122 Å². The fraction of sp³-hybridized carbons (Fsp3) is 0.0652. The molecule has 0 heterocycles. The van der Waals surface area contributed by atoms with Crippen LogP contribution in [0, 0.1) is 22.9 Å². The van der Waals surface area contributed by atoms with Crippen molar-refractivity contribution >= 4 is 130 Å². The van der Waals surface area contributed by atoms with Crippen LogP contribution in [0.2, 0.25) is 0 Å². The summed E-state index contributed by atoms with van der Waals surface area (Å²) in [5.41, 5.74) is -4.25. The van der Waals surface area contributed by atoms with E-state index in [1.807, 2.05) is 19.1 Å². The summed E-state index contributed by atoms with van der Waals surface area (Å²) in [6, 6.07) is 36.7. The lowest BCUT2D eigenvalue weighted by atomic mass is 10.2. The summed E-state index contributed by atoms with van der Waals surface area (Å²) in [5.74, 6) is 1.51. The highest BCUT2D eigenvalue weighted by Gasteiger charge is 2.15. The second-order valence-corrected chi connectivity index (χ2v) is 14.9. The van der Waals surface area contributed by atoms with Crippen LogP contribution in [-0.4, -0.2) is 57.7 Å². The van der Waals surface area contributed by atoms with Crippen LogP contribution in [0.3, 0.4) is 0 Å². The van der Waals surface area contributed by atoms with Gasteiger partial charge in [0.2, 0.25) is 5.75 Å². The van der Waals surface area contributed by atoms with Gasteiger partial charge in [-0.15, -0.1) is 0 Å². The van der Waals surface area contributed by atoms with E-state index >= 15 is 0 Å². The average Bonchev–Trinajstić information content (AvgIpc) is 3.32. The molecule has 18 nitrogen and oxygen atoms in total. The number of nitro benzene ring substituents is 1. The number of rotatable bonds is 9. The summed E-state index contributed by atoms with van der Waals surface area (Å²) in [6.07, 6.45) is 0. The van der Waals surface area contributed by atoms with Crippen molar-refractivity contribution in [2.24, 2.45) is 0 Å². The number of para-hydroxylation sites is 2. The Balaban J connectivity index is 0.000000433. The molecule has 0 unspecified atom stereocenters. The summed E-state index contributed by atoms with van der Waals surface area (Å²) in [5, 5.41) is 10.4. The molecule has 6 aromatic carbocycles. The van der Waals surface area contributed by atoms with Crippen LogP contribution >= 0.6 is 85.5 Å². The Morgan fingerprint density at radius 1 is 0.472 bits per heavy atom. The lowest BCUT2D eigenvalue weighted by Gasteiger charge is -2.01. The van der Waals surface area contributed by atoms with Crippen LogP contribution in [0.15, 0.2) is 150 Å². The number of esters is 1. The molecule has 6 aromatic rings. The van der Waals surface area contributed by atoms with Crippen molar-refractivity contribution in [1.82, 2.24) is 0 Å². The van der Waals surface area contributed by atoms with Crippen LogP contribution in [-0.2, 0) is 4.74 Å². The van der Waals surface area contributed by atoms with Gasteiger partial charge in [0.1, 0.15) is 40.3 Å². The first-order valence-electron chi connectivity index (χ1n) is 18.9. The molecule has 0 aliphatic heterocycles. The first kappa shape index (κ1) is 63.0. The quantitative estimate of drug-likeness (QED) is 0.0566. The first-order valence-corrected chi connectivity index (χ1v) is 21.9. The van der Waals surface area contributed by atoms with Gasteiger partial charge in [0, 0.05) is 80.1 Å². The van der Waals surface area contributed by atoms with Crippen molar-refractivity contribution in [3.63, 3.8) is 0 Å². The predicted octanol–water partition coefficient (Wildman–Crippen LogP) is 15.5. The molecule has 0 fully saturated rings. The van der Waals surface area contributed by atoms with E-state index in [0.29, 0.717) is 28.6 Å². The van der Waals surface area contributed by atoms with Crippen LogP contribution < -0.4 is 33.2 Å². The van der Waals surface area contributed by atoms with E-state index in [1.165, 1.54) is 79.9 Å². The Morgan fingerprint density at radius 2 is 0.792 bits per heavy atom. The summed E-state index contributed by atoms with van der Waals surface area (Å²) in [7, 11) is 2.84. The molecule has 0 saturated heterocycles. The van der Waals surface area contributed by atoms with Crippen molar-refractivity contribution in [1.29, 1.82) is 0 Å².